The Morgan fingerprint density at radius 3 is 2.44 bits per heavy atom. The third-order valence-electron chi connectivity index (χ3n) is 3.00. The van der Waals surface area contributed by atoms with Gasteiger partial charge in [-0.15, -0.1) is 11.3 Å². The molecule has 1 N–H and O–H groups in total. The Morgan fingerprint density at radius 1 is 1.33 bits per heavy atom. The largest absolute Gasteiger partial charge is 0.354 e. The molecule has 4 nitrogen and oxygen atoms in total. The van der Waals surface area contributed by atoms with Gasteiger partial charge in [0.15, 0.2) is 6.29 Å². The molecule has 0 saturated heterocycles. The maximum atomic E-state index is 5.25. The van der Waals surface area contributed by atoms with Crippen LogP contribution >= 0.6 is 11.3 Å². The van der Waals surface area contributed by atoms with Crippen molar-refractivity contribution in [2.75, 3.05) is 34.9 Å². The highest BCUT2D eigenvalue weighted by Gasteiger charge is 2.19. The van der Waals surface area contributed by atoms with Gasteiger partial charge in [0.25, 0.3) is 0 Å². The summed E-state index contributed by atoms with van der Waals surface area (Å²) in [6, 6.07) is 4.79. The molecule has 2 unspecified atom stereocenters. The minimum Gasteiger partial charge on any atom is -0.354 e. The van der Waals surface area contributed by atoms with Crippen LogP contribution in [0.2, 0.25) is 0 Å². The van der Waals surface area contributed by atoms with Crippen molar-refractivity contribution in [3.8, 4) is 0 Å². The molecular formula is C13H24N2O2S. The zero-order valence-electron chi connectivity index (χ0n) is 11.8. The number of nitrogens with zero attached hydrogens (tertiary/aromatic N) is 1. The van der Waals surface area contributed by atoms with Crippen molar-refractivity contribution in [1.82, 2.24) is 10.2 Å². The Kier molecular flexibility index (Phi) is 6.81. The number of rotatable bonds is 8. The number of methoxy groups -OCH3 is 2. The molecule has 0 amide bonds. The van der Waals surface area contributed by atoms with Crippen LogP contribution in [0.3, 0.4) is 0 Å². The fourth-order valence-electron chi connectivity index (χ4n) is 1.92. The van der Waals surface area contributed by atoms with Crippen molar-refractivity contribution in [3.05, 3.63) is 22.4 Å². The Labute approximate surface area is 114 Å². The molecule has 0 fully saturated rings. The van der Waals surface area contributed by atoms with Crippen LogP contribution in [0.5, 0.6) is 0 Å². The molecule has 0 aliphatic rings. The summed E-state index contributed by atoms with van der Waals surface area (Å²) in [5.41, 5.74) is 0. The predicted molar refractivity (Wildman–Crippen MR) is 76.0 cm³/mol. The van der Waals surface area contributed by atoms with E-state index in [9.17, 15) is 0 Å². The highest BCUT2D eigenvalue weighted by molar-refractivity contribution is 7.10. The maximum Gasteiger partial charge on any atom is 0.171 e. The Hall–Kier alpha value is -0.460. The van der Waals surface area contributed by atoms with E-state index in [1.165, 1.54) is 4.88 Å². The van der Waals surface area contributed by atoms with Crippen LogP contribution in [0, 0.1) is 0 Å². The van der Waals surface area contributed by atoms with Crippen LogP contribution in [0.1, 0.15) is 17.8 Å². The van der Waals surface area contributed by atoms with Gasteiger partial charge in [0, 0.05) is 25.6 Å². The van der Waals surface area contributed by atoms with Crippen LogP contribution < -0.4 is 5.32 Å². The Bertz CT molecular complexity index is 313. The predicted octanol–water partition coefficient (Wildman–Crippen LogP) is 1.95. The number of nitrogens with one attached hydrogen (secondary N) is 1. The van der Waals surface area contributed by atoms with Gasteiger partial charge in [0.1, 0.15) is 0 Å². The van der Waals surface area contributed by atoms with E-state index in [0.717, 1.165) is 6.54 Å². The van der Waals surface area contributed by atoms with E-state index < -0.39 is 0 Å². The monoisotopic (exact) mass is 272 g/mol. The zero-order chi connectivity index (χ0) is 13.5. The summed E-state index contributed by atoms with van der Waals surface area (Å²) in [7, 11) is 7.52. The minimum absolute atomic E-state index is 0.155. The molecule has 1 rings (SSSR count). The quantitative estimate of drug-likeness (QED) is 0.733. The van der Waals surface area contributed by atoms with Crippen molar-refractivity contribution in [1.29, 1.82) is 0 Å². The number of ether oxygens (including phenoxy) is 2. The van der Waals surface area contributed by atoms with Gasteiger partial charge in [-0.05, 0) is 32.5 Å². The van der Waals surface area contributed by atoms with Gasteiger partial charge < -0.3 is 19.7 Å². The lowest BCUT2D eigenvalue weighted by molar-refractivity contribution is -0.119. The van der Waals surface area contributed by atoms with E-state index in [4.69, 9.17) is 9.47 Å². The smallest absolute Gasteiger partial charge is 0.171 e. The summed E-state index contributed by atoms with van der Waals surface area (Å²) >= 11 is 1.79. The standard InChI is InChI=1S/C13H24N2O2S/c1-10(13(16-4)17-5)14-9-11(15(2)3)12-7-6-8-18-12/h6-8,10-11,13-14H,9H2,1-5H3. The molecule has 5 heteroatoms. The van der Waals surface area contributed by atoms with E-state index in [-0.39, 0.29) is 12.3 Å². The Morgan fingerprint density at radius 2 is 2.00 bits per heavy atom. The van der Waals surface area contributed by atoms with Crippen LogP contribution in [-0.2, 0) is 9.47 Å². The first-order chi connectivity index (χ1) is 8.60. The van der Waals surface area contributed by atoms with Crippen molar-refractivity contribution < 1.29 is 9.47 Å². The first-order valence-corrected chi connectivity index (χ1v) is 6.97. The third kappa shape index (κ3) is 4.33. The Balaban J connectivity index is 2.53. The van der Waals surface area contributed by atoms with Crippen molar-refractivity contribution in [3.63, 3.8) is 0 Å². The second-order valence-electron chi connectivity index (χ2n) is 4.53. The molecule has 0 saturated carbocycles. The number of hydrogen-bond acceptors (Lipinski definition) is 5. The average molecular weight is 272 g/mol. The number of thiophene rings is 1. The molecular weight excluding hydrogens is 248 g/mol. The van der Waals surface area contributed by atoms with Gasteiger partial charge in [0.2, 0.25) is 0 Å². The molecule has 0 spiro atoms. The summed E-state index contributed by atoms with van der Waals surface area (Å²) in [6.07, 6.45) is -0.212. The van der Waals surface area contributed by atoms with Gasteiger partial charge in [-0.2, -0.15) is 0 Å². The van der Waals surface area contributed by atoms with Gasteiger partial charge in [-0.1, -0.05) is 6.07 Å². The fourth-order valence-corrected chi connectivity index (χ4v) is 2.84. The van der Waals surface area contributed by atoms with Crippen LogP contribution in [0.4, 0.5) is 0 Å². The summed E-state index contributed by atoms with van der Waals surface area (Å²) in [6.45, 7) is 2.94. The first kappa shape index (κ1) is 15.6. The van der Waals surface area contributed by atoms with Crippen LogP contribution in [-0.4, -0.2) is 52.1 Å². The molecule has 1 aromatic rings. The summed E-state index contributed by atoms with van der Waals surface area (Å²) < 4.78 is 10.5. The van der Waals surface area contributed by atoms with E-state index in [2.05, 4.69) is 48.7 Å². The van der Waals surface area contributed by atoms with Crippen LogP contribution in [0.25, 0.3) is 0 Å². The lowest BCUT2D eigenvalue weighted by Gasteiger charge is -2.28. The highest BCUT2D eigenvalue weighted by atomic mass is 32.1. The summed E-state index contributed by atoms with van der Waals surface area (Å²) in [4.78, 5) is 3.59. The van der Waals surface area contributed by atoms with E-state index in [1.807, 2.05) is 0 Å². The van der Waals surface area contributed by atoms with Crippen molar-refractivity contribution >= 4 is 11.3 Å². The van der Waals surface area contributed by atoms with Gasteiger partial charge in [0.05, 0.1) is 12.1 Å². The topological polar surface area (TPSA) is 33.7 Å². The molecule has 18 heavy (non-hydrogen) atoms. The van der Waals surface area contributed by atoms with E-state index in [1.54, 1.807) is 25.6 Å². The van der Waals surface area contributed by atoms with Crippen LogP contribution in [0.15, 0.2) is 17.5 Å². The lowest BCUT2D eigenvalue weighted by Crippen LogP contribution is -2.43. The second-order valence-corrected chi connectivity index (χ2v) is 5.51. The first-order valence-electron chi connectivity index (χ1n) is 6.09. The SMILES string of the molecule is COC(OC)C(C)NCC(c1cccs1)N(C)C. The third-order valence-corrected chi connectivity index (χ3v) is 3.97. The van der Waals surface area contributed by atoms with Crippen molar-refractivity contribution in [2.45, 2.75) is 25.3 Å². The molecule has 0 aliphatic carbocycles. The fraction of sp³-hybridized carbons (Fsp3) is 0.692. The highest BCUT2D eigenvalue weighted by Crippen LogP contribution is 2.22. The molecule has 1 heterocycles. The summed E-state index contributed by atoms with van der Waals surface area (Å²) in [5, 5.41) is 5.58. The molecule has 104 valence electrons. The molecule has 0 aromatic carbocycles. The molecule has 0 aliphatic heterocycles. The normalized spacial score (nSPS) is 15.3. The number of hydrogen-bond donors (Lipinski definition) is 1. The van der Waals surface area contributed by atoms with Gasteiger partial charge >= 0.3 is 0 Å². The molecule has 0 radical (unpaired) electrons. The number of likely N-dealkylation sites (N-methyl/N-ethyl adjacent to an activating group) is 1. The molecule has 1 aromatic heterocycles. The van der Waals surface area contributed by atoms with Gasteiger partial charge in [-0.3, -0.25) is 0 Å². The summed E-state index contributed by atoms with van der Waals surface area (Å²) in [5.74, 6) is 0. The zero-order valence-corrected chi connectivity index (χ0v) is 12.7. The maximum absolute atomic E-state index is 5.25. The van der Waals surface area contributed by atoms with Gasteiger partial charge in [-0.25, -0.2) is 0 Å². The molecule has 0 bridgehead atoms. The average Bonchev–Trinajstić information content (AvgIpc) is 2.84. The van der Waals surface area contributed by atoms with Crippen molar-refractivity contribution in [2.24, 2.45) is 0 Å². The second kappa shape index (κ2) is 7.86. The lowest BCUT2D eigenvalue weighted by atomic mass is 10.2. The van der Waals surface area contributed by atoms with E-state index >= 15 is 0 Å². The minimum atomic E-state index is -0.212. The molecule has 2 atom stereocenters. The van der Waals surface area contributed by atoms with E-state index in [0.29, 0.717) is 6.04 Å².